The first-order valence-electron chi connectivity index (χ1n) is 5.64. The zero-order valence-corrected chi connectivity index (χ0v) is 13.2. The second kappa shape index (κ2) is 5.47. The molecule has 0 saturated heterocycles. The highest BCUT2D eigenvalue weighted by Gasteiger charge is 2.19. The van der Waals surface area contributed by atoms with E-state index in [1.807, 2.05) is 23.6 Å². The summed E-state index contributed by atoms with van der Waals surface area (Å²) in [6, 6.07) is 5.61. The van der Waals surface area contributed by atoms with Gasteiger partial charge >= 0.3 is 0 Å². The van der Waals surface area contributed by atoms with Gasteiger partial charge in [0.2, 0.25) is 0 Å². The summed E-state index contributed by atoms with van der Waals surface area (Å²) in [5.74, 6) is 0. The van der Waals surface area contributed by atoms with Crippen LogP contribution in [-0.4, -0.2) is 15.0 Å². The minimum atomic E-state index is 0.395. The first-order valence-corrected chi connectivity index (χ1v) is 7.69. The van der Waals surface area contributed by atoms with Gasteiger partial charge in [-0.2, -0.15) is 0 Å². The first kappa shape index (κ1) is 13.5. The summed E-state index contributed by atoms with van der Waals surface area (Å²) < 4.78 is 0.640. The molecule has 0 aliphatic heterocycles. The van der Waals surface area contributed by atoms with Crippen LogP contribution in [0.2, 0.25) is 5.02 Å². The molecule has 0 amide bonds. The average Bonchev–Trinajstić information content (AvgIpc) is 3.00. The smallest absolute Gasteiger partial charge is 0.143 e. The lowest BCUT2D eigenvalue weighted by Crippen LogP contribution is -1.99. The van der Waals surface area contributed by atoms with Crippen LogP contribution in [0.4, 0.5) is 5.69 Å². The molecule has 0 fully saturated rings. The molecule has 7 heteroatoms. The van der Waals surface area contributed by atoms with Crippen LogP contribution in [0.25, 0.3) is 22.1 Å². The zero-order valence-electron chi connectivity index (χ0n) is 10.0. The molecule has 4 nitrogen and oxygen atoms in total. The number of halogens is 2. The van der Waals surface area contributed by atoms with Crippen LogP contribution in [0.1, 0.15) is 0 Å². The number of hydrogen-bond donors (Lipinski definition) is 1. The van der Waals surface area contributed by atoms with Gasteiger partial charge in [-0.1, -0.05) is 17.7 Å². The number of thiazole rings is 1. The van der Waals surface area contributed by atoms with Gasteiger partial charge in [-0.05, 0) is 28.1 Å². The second-order valence-corrected chi connectivity index (χ2v) is 5.97. The Balaban J connectivity index is 2.27. The molecule has 0 aromatic carbocycles. The predicted octanol–water partition coefficient (Wildman–Crippen LogP) is 4.27. The highest BCUT2D eigenvalue weighted by atomic mass is 79.9. The fourth-order valence-electron chi connectivity index (χ4n) is 1.72. The van der Waals surface area contributed by atoms with E-state index in [0.717, 1.165) is 10.7 Å². The number of nitrogens with zero attached hydrogens (tertiary/aromatic N) is 3. The Bertz CT molecular complexity index is 747. The van der Waals surface area contributed by atoms with Crippen molar-refractivity contribution in [2.45, 2.75) is 0 Å². The van der Waals surface area contributed by atoms with Crippen molar-refractivity contribution in [3.05, 3.63) is 45.5 Å². The minimum Gasteiger partial charge on any atom is -0.396 e. The van der Waals surface area contributed by atoms with Gasteiger partial charge < -0.3 is 5.73 Å². The van der Waals surface area contributed by atoms with Crippen LogP contribution in [0.3, 0.4) is 0 Å². The lowest BCUT2D eigenvalue weighted by atomic mass is 10.2. The topological polar surface area (TPSA) is 64.7 Å². The molecular formula is C13H8BrClN4S. The Morgan fingerprint density at radius 1 is 1.15 bits per heavy atom. The standard InChI is InChI=1S/C13H8BrClN4S/c14-8-10(16)9(15)12(13-18-5-6-20-13)19-11(8)7-3-1-2-4-17-7/h1-6H,(H2,16,19). The summed E-state index contributed by atoms with van der Waals surface area (Å²) in [6.07, 6.45) is 3.41. The molecule has 3 heterocycles. The number of nitrogen functional groups attached to an aromatic ring is 1. The molecule has 0 atom stereocenters. The van der Waals surface area contributed by atoms with Crippen LogP contribution in [0.15, 0.2) is 40.4 Å². The van der Waals surface area contributed by atoms with E-state index < -0.39 is 0 Å². The molecule has 0 radical (unpaired) electrons. The van der Waals surface area contributed by atoms with Crippen molar-refractivity contribution in [1.29, 1.82) is 0 Å². The van der Waals surface area contributed by atoms with E-state index >= 15 is 0 Å². The largest absolute Gasteiger partial charge is 0.396 e. The molecule has 0 spiro atoms. The van der Waals surface area contributed by atoms with E-state index in [0.29, 0.717) is 26.6 Å². The van der Waals surface area contributed by atoms with E-state index in [1.54, 1.807) is 12.4 Å². The Morgan fingerprint density at radius 2 is 2.00 bits per heavy atom. The van der Waals surface area contributed by atoms with Crippen molar-refractivity contribution in [2.75, 3.05) is 5.73 Å². The highest BCUT2D eigenvalue weighted by Crippen LogP contribution is 2.40. The molecular weight excluding hydrogens is 360 g/mol. The monoisotopic (exact) mass is 366 g/mol. The normalized spacial score (nSPS) is 10.7. The molecule has 100 valence electrons. The predicted molar refractivity (Wildman–Crippen MR) is 85.7 cm³/mol. The van der Waals surface area contributed by atoms with E-state index in [-0.39, 0.29) is 0 Å². The van der Waals surface area contributed by atoms with Crippen LogP contribution in [0, 0.1) is 0 Å². The fraction of sp³-hybridized carbons (Fsp3) is 0. The Kier molecular flexibility index (Phi) is 3.69. The zero-order chi connectivity index (χ0) is 14.1. The maximum Gasteiger partial charge on any atom is 0.143 e. The number of hydrogen-bond acceptors (Lipinski definition) is 5. The van der Waals surface area contributed by atoms with Crippen LogP contribution < -0.4 is 5.73 Å². The Morgan fingerprint density at radius 3 is 2.65 bits per heavy atom. The van der Waals surface area contributed by atoms with Gasteiger partial charge in [0.05, 0.1) is 20.9 Å². The third-order valence-corrected chi connectivity index (χ3v) is 4.62. The molecule has 0 unspecified atom stereocenters. The van der Waals surface area contributed by atoms with Crippen molar-refractivity contribution in [3.63, 3.8) is 0 Å². The summed E-state index contributed by atoms with van der Waals surface area (Å²) >= 11 is 11.2. The molecule has 0 bridgehead atoms. The van der Waals surface area contributed by atoms with E-state index in [9.17, 15) is 0 Å². The number of nitrogens with two attached hydrogens (primary N) is 1. The highest BCUT2D eigenvalue weighted by molar-refractivity contribution is 9.10. The minimum absolute atomic E-state index is 0.395. The first-order chi connectivity index (χ1) is 9.68. The number of anilines is 1. The van der Waals surface area contributed by atoms with Crippen LogP contribution in [0.5, 0.6) is 0 Å². The summed E-state index contributed by atoms with van der Waals surface area (Å²) in [5.41, 5.74) is 8.44. The van der Waals surface area contributed by atoms with Gasteiger partial charge in [-0.25, -0.2) is 9.97 Å². The maximum atomic E-state index is 6.28. The molecule has 0 saturated carbocycles. The summed E-state index contributed by atoms with van der Waals surface area (Å²) in [5, 5.41) is 2.99. The Hall–Kier alpha value is -1.50. The molecule has 0 aliphatic rings. The molecule has 2 N–H and O–H groups in total. The lowest BCUT2D eigenvalue weighted by Gasteiger charge is -2.10. The Labute approximate surface area is 132 Å². The third-order valence-electron chi connectivity index (χ3n) is 2.65. The van der Waals surface area contributed by atoms with Gasteiger partial charge in [-0.3, -0.25) is 4.98 Å². The van der Waals surface area contributed by atoms with Crippen molar-refractivity contribution in [3.8, 4) is 22.1 Å². The van der Waals surface area contributed by atoms with Crippen LogP contribution in [-0.2, 0) is 0 Å². The van der Waals surface area contributed by atoms with Crippen molar-refractivity contribution >= 4 is 44.6 Å². The van der Waals surface area contributed by atoms with Gasteiger partial charge in [-0.15, -0.1) is 11.3 Å². The van der Waals surface area contributed by atoms with E-state index in [1.165, 1.54) is 11.3 Å². The number of rotatable bonds is 2. The molecule has 3 rings (SSSR count). The fourth-order valence-corrected chi connectivity index (χ4v) is 3.23. The third kappa shape index (κ3) is 2.30. The number of pyridine rings is 2. The molecule has 20 heavy (non-hydrogen) atoms. The van der Waals surface area contributed by atoms with E-state index in [4.69, 9.17) is 17.3 Å². The summed E-state index contributed by atoms with van der Waals surface area (Å²) in [7, 11) is 0. The van der Waals surface area contributed by atoms with Gasteiger partial charge in [0.15, 0.2) is 0 Å². The SMILES string of the molecule is Nc1c(Cl)c(-c2nccs2)nc(-c2ccccn2)c1Br. The van der Waals surface area contributed by atoms with Crippen molar-refractivity contribution < 1.29 is 0 Å². The van der Waals surface area contributed by atoms with Gasteiger partial charge in [0, 0.05) is 17.8 Å². The second-order valence-electron chi connectivity index (χ2n) is 3.90. The molecule has 3 aromatic rings. The maximum absolute atomic E-state index is 6.28. The average molecular weight is 368 g/mol. The van der Waals surface area contributed by atoms with Gasteiger partial charge in [0.25, 0.3) is 0 Å². The lowest BCUT2D eigenvalue weighted by molar-refractivity contribution is 1.23. The van der Waals surface area contributed by atoms with Gasteiger partial charge in [0.1, 0.15) is 16.4 Å². The van der Waals surface area contributed by atoms with Crippen molar-refractivity contribution in [2.24, 2.45) is 0 Å². The van der Waals surface area contributed by atoms with Crippen LogP contribution >= 0.6 is 38.9 Å². The molecule has 3 aromatic heterocycles. The van der Waals surface area contributed by atoms with Crippen molar-refractivity contribution in [1.82, 2.24) is 15.0 Å². The number of aromatic nitrogens is 3. The quantitative estimate of drug-likeness (QED) is 0.735. The summed E-state index contributed by atoms with van der Waals surface area (Å²) in [4.78, 5) is 13.1. The summed E-state index contributed by atoms with van der Waals surface area (Å²) in [6.45, 7) is 0. The molecule has 0 aliphatic carbocycles. The van der Waals surface area contributed by atoms with E-state index in [2.05, 4.69) is 30.9 Å².